The molecule has 126 valence electrons. The molecule has 0 spiro atoms. The molecule has 2 aromatic carbocycles. The van der Waals surface area contributed by atoms with Crippen LogP contribution in [0.25, 0.3) is 0 Å². The second kappa shape index (κ2) is 8.10. The number of ether oxygens (including phenoxy) is 2. The number of Topliss-reactive ketones (excluding diaryl/α,β-unsaturated/α-hetero) is 1. The van der Waals surface area contributed by atoms with Gasteiger partial charge in [0.15, 0.2) is 5.78 Å². The third-order valence-electron chi connectivity index (χ3n) is 3.43. The summed E-state index contributed by atoms with van der Waals surface area (Å²) in [6, 6.07) is 10.7. The van der Waals surface area contributed by atoms with Crippen molar-refractivity contribution in [3.05, 3.63) is 53.8 Å². The summed E-state index contributed by atoms with van der Waals surface area (Å²) < 4.78 is 23.8. The van der Waals surface area contributed by atoms with E-state index in [1.54, 1.807) is 24.3 Å². The number of rotatable bonds is 7. The second-order valence-electron chi connectivity index (χ2n) is 5.02. The molecule has 0 bridgehead atoms. The molecule has 6 heteroatoms. The van der Waals surface area contributed by atoms with E-state index < -0.39 is 11.6 Å². The van der Waals surface area contributed by atoms with Crippen LogP contribution in [0.2, 0.25) is 0 Å². The number of hydrogen-bond acceptors (Lipinski definition) is 4. The molecule has 0 heterocycles. The summed E-state index contributed by atoms with van der Waals surface area (Å²) in [6.07, 6.45) is -0.146. The van der Waals surface area contributed by atoms with Gasteiger partial charge >= 0.3 is 0 Å². The van der Waals surface area contributed by atoms with Crippen LogP contribution in [-0.4, -0.2) is 25.9 Å². The van der Waals surface area contributed by atoms with E-state index in [1.807, 2.05) is 0 Å². The number of halogens is 1. The number of methoxy groups -OCH3 is 2. The van der Waals surface area contributed by atoms with Crippen LogP contribution in [0, 0.1) is 5.82 Å². The van der Waals surface area contributed by atoms with Crippen molar-refractivity contribution in [2.75, 3.05) is 19.5 Å². The highest BCUT2D eigenvalue weighted by Crippen LogP contribution is 2.29. The zero-order chi connectivity index (χ0) is 17.5. The molecular weight excluding hydrogens is 313 g/mol. The van der Waals surface area contributed by atoms with Gasteiger partial charge in [-0.15, -0.1) is 0 Å². The summed E-state index contributed by atoms with van der Waals surface area (Å²) >= 11 is 0. The maximum absolute atomic E-state index is 13.5. The van der Waals surface area contributed by atoms with Crippen LogP contribution in [0.15, 0.2) is 42.5 Å². The predicted molar refractivity (Wildman–Crippen MR) is 88.1 cm³/mol. The first kappa shape index (κ1) is 17.5. The molecule has 2 aromatic rings. The lowest BCUT2D eigenvalue weighted by molar-refractivity contribution is -0.116. The maximum atomic E-state index is 13.5. The van der Waals surface area contributed by atoms with Crippen LogP contribution < -0.4 is 14.8 Å². The molecule has 24 heavy (non-hydrogen) atoms. The number of nitrogens with one attached hydrogen (secondary N) is 1. The van der Waals surface area contributed by atoms with Gasteiger partial charge in [0.05, 0.1) is 25.5 Å². The Balaban J connectivity index is 1.99. The highest BCUT2D eigenvalue weighted by Gasteiger charge is 2.14. The molecule has 0 saturated heterocycles. The molecule has 1 amide bonds. The van der Waals surface area contributed by atoms with Crippen molar-refractivity contribution in [3.8, 4) is 11.5 Å². The molecule has 0 fully saturated rings. The molecule has 0 unspecified atom stereocenters. The first-order valence-electron chi connectivity index (χ1n) is 7.34. The Morgan fingerprint density at radius 3 is 2.46 bits per heavy atom. The monoisotopic (exact) mass is 331 g/mol. The number of anilines is 1. The fourth-order valence-corrected chi connectivity index (χ4v) is 2.17. The van der Waals surface area contributed by atoms with Crippen LogP contribution >= 0.6 is 0 Å². The Kier molecular flexibility index (Phi) is 5.89. The van der Waals surface area contributed by atoms with Gasteiger partial charge in [0.2, 0.25) is 5.91 Å². The summed E-state index contributed by atoms with van der Waals surface area (Å²) in [7, 11) is 3.00. The van der Waals surface area contributed by atoms with E-state index in [0.29, 0.717) is 17.2 Å². The van der Waals surface area contributed by atoms with Gasteiger partial charge in [-0.3, -0.25) is 9.59 Å². The topological polar surface area (TPSA) is 64.6 Å². The Bertz CT molecular complexity index is 746. The van der Waals surface area contributed by atoms with Crippen molar-refractivity contribution < 1.29 is 23.5 Å². The van der Waals surface area contributed by atoms with Crippen molar-refractivity contribution in [3.63, 3.8) is 0 Å². The smallest absolute Gasteiger partial charge is 0.224 e. The Morgan fingerprint density at radius 2 is 1.79 bits per heavy atom. The highest BCUT2D eigenvalue weighted by atomic mass is 19.1. The quantitative estimate of drug-likeness (QED) is 0.789. The lowest BCUT2D eigenvalue weighted by atomic mass is 10.1. The number of carbonyl (C=O) groups is 2. The van der Waals surface area contributed by atoms with Crippen LogP contribution in [0.4, 0.5) is 10.1 Å². The summed E-state index contributed by atoms with van der Waals surface area (Å²) in [6.45, 7) is 0. The zero-order valence-corrected chi connectivity index (χ0v) is 13.5. The number of amides is 1. The molecule has 0 aliphatic rings. The van der Waals surface area contributed by atoms with E-state index in [2.05, 4.69) is 5.32 Å². The van der Waals surface area contributed by atoms with Crippen molar-refractivity contribution in [2.45, 2.75) is 12.8 Å². The molecule has 5 nitrogen and oxygen atoms in total. The van der Waals surface area contributed by atoms with Crippen molar-refractivity contribution >= 4 is 17.4 Å². The van der Waals surface area contributed by atoms with Crippen molar-refractivity contribution in [1.82, 2.24) is 0 Å². The van der Waals surface area contributed by atoms with E-state index in [-0.39, 0.29) is 24.3 Å². The SMILES string of the molecule is COc1ccc(OC)c(NC(=O)CCC(=O)c2ccccc2F)c1. The standard InChI is InChI=1S/C18H18FNO4/c1-23-12-7-9-17(24-2)15(11-12)20-18(22)10-8-16(21)13-5-3-4-6-14(13)19/h3-7,9,11H,8,10H2,1-2H3,(H,20,22). The molecule has 0 saturated carbocycles. The normalized spacial score (nSPS) is 10.1. The minimum absolute atomic E-state index is 0.00994. The van der Waals surface area contributed by atoms with Gasteiger partial charge < -0.3 is 14.8 Å². The van der Waals surface area contributed by atoms with E-state index in [9.17, 15) is 14.0 Å². The van der Waals surface area contributed by atoms with Crippen LogP contribution in [0.5, 0.6) is 11.5 Å². The van der Waals surface area contributed by atoms with Gasteiger partial charge in [0.1, 0.15) is 17.3 Å². The average molecular weight is 331 g/mol. The van der Waals surface area contributed by atoms with E-state index in [1.165, 1.54) is 32.4 Å². The van der Waals surface area contributed by atoms with Gasteiger partial charge in [0.25, 0.3) is 0 Å². The Hall–Kier alpha value is -2.89. The highest BCUT2D eigenvalue weighted by molar-refractivity contribution is 6.00. The third kappa shape index (κ3) is 4.32. The fraction of sp³-hybridized carbons (Fsp3) is 0.222. The zero-order valence-electron chi connectivity index (χ0n) is 13.5. The third-order valence-corrected chi connectivity index (χ3v) is 3.43. The maximum Gasteiger partial charge on any atom is 0.224 e. The van der Waals surface area contributed by atoms with Gasteiger partial charge in [0, 0.05) is 18.9 Å². The molecule has 0 radical (unpaired) electrons. The minimum Gasteiger partial charge on any atom is -0.497 e. The van der Waals surface area contributed by atoms with E-state index >= 15 is 0 Å². The molecular formula is C18H18FNO4. The molecule has 0 aliphatic carbocycles. The first-order chi connectivity index (χ1) is 11.5. The largest absolute Gasteiger partial charge is 0.497 e. The summed E-state index contributed by atoms with van der Waals surface area (Å²) in [5, 5.41) is 2.67. The summed E-state index contributed by atoms with van der Waals surface area (Å²) in [5.41, 5.74) is 0.435. The van der Waals surface area contributed by atoms with E-state index in [0.717, 1.165) is 0 Å². The Morgan fingerprint density at radius 1 is 1.04 bits per heavy atom. The molecule has 0 atom stereocenters. The molecule has 1 N–H and O–H groups in total. The lowest BCUT2D eigenvalue weighted by Gasteiger charge is -2.11. The van der Waals surface area contributed by atoms with Gasteiger partial charge in [-0.25, -0.2) is 4.39 Å². The lowest BCUT2D eigenvalue weighted by Crippen LogP contribution is -2.14. The van der Waals surface area contributed by atoms with Crippen LogP contribution in [-0.2, 0) is 4.79 Å². The Labute approximate surface area is 139 Å². The average Bonchev–Trinajstić information content (AvgIpc) is 2.60. The molecule has 2 rings (SSSR count). The number of ketones is 1. The fourth-order valence-electron chi connectivity index (χ4n) is 2.17. The predicted octanol–water partition coefficient (Wildman–Crippen LogP) is 3.44. The summed E-state index contributed by atoms with van der Waals surface area (Å²) in [4.78, 5) is 24.0. The van der Waals surface area contributed by atoms with Crippen molar-refractivity contribution in [1.29, 1.82) is 0 Å². The summed E-state index contributed by atoms with van der Waals surface area (Å²) in [5.74, 6) is -0.331. The molecule has 0 aliphatic heterocycles. The number of carbonyl (C=O) groups excluding carboxylic acids is 2. The van der Waals surface area contributed by atoms with Crippen molar-refractivity contribution in [2.24, 2.45) is 0 Å². The van der Waals surface area contributed by atoms with Crippen LogP contribution in [0.1, 0.15) is 23.2 Å². The minimum atomic E-state index is -0.586. The molecule has 0 aromatic heterocycles. The number of hydrogen-bond donors (Lipinski definition) is 1. The van der Waals surface area contributed by atoms with Gasteiger partial charge in [-0.1, -0.05) is 12.1 Å². The van der Waals surface area contributed by atoms with E-state index in [4.69, 9.17) is 9.47 Å². The number of benzene rings is 2. The second-order valence-corrected chi connectivity index (χ2v) is 5.02. The van der Waals surface area contributed by atoms with Crippen LogP contribution in [0.3, 0.4) is 0 Å². The van der Waals surface area contributed by atoms with Gasteiger partial charge in [-0.2, -0.15) is 0 Å². The first-order valence-corrected chi connectivity index (χ1v) is 7.34. The van der Waals surface area contributed by atoms with Gasteiger partial charge in [-0.05, 0) is 24.3 Å².